The lowest BCUT2D eigenvalue weighted by atomic mass is 10.1. The Hall–Kier alpha value is -0.900. The first kappa shape index (κ1) is 26.4. The van der Waals surface area contributed by atoms with E-state index >= 15 is 0 Å². The van der Waals surface area contributed by atoms with E-state index in [9.17, 15) is 13.5 Å². The normalized spacial score (nSPS) is 23.2. The molecule has 2 atom stereocenters. The van der Waals surface area contributed by atoms with E-state index in [1.165, 1.54) is 9.87 Å². The summed E-state index contributed by atoms with van der Waals surface area (Å²) >= 11 is 6.11. The van der Waals surface area contributed by atoms with Crippen molar-refractivity contribution in [2.24, 2.45) is 0 Å². The van der Waals surface area contributed by atoms with E-state index in [-0.39, 0.29) is 40.8 Å². The first-order valence-electron chi connectivity index (χ1n) is 9.88. The van der Waals surface area contributed by atoms with E-state index in [4.69, 9.17) is 11.6 Å². The zero-order chi connectivity index (χ0) is 20.4. The lowest BCUT2D eigenvalue weighted by molar-refractivity contribution is 0.0618. The second-order valence-electron chi connectivity index (χ2n) is 7.68. The maximum atomic E-state index is 12.9. The highest BCUT2D eigenvalue weighted by molar-refractivity contribution is 7.89. The fraction of sp³-hybridized carbons (Fsp3) is 0.429. The van der Waals surface area contributed by atoms with Gasteiger partial charge in [0.25, 0.3) is 0 Å². The van der Waals surface area contributed by atoms with Crippen molar-refractivity contribution in [1.29, 1.82) is 0 Å². The summed E-state index contributed by atoms with van der Waals surface area (Å²) in [6.07, 6.45) is -0.426. The van der Waals surface area contributed by atoms with Crippen LogP contribution in [0.5, 0.6) is 0 Å². The molecule has 0 saturated carbocycles. The number of aliphatic hydroxyl groups excluding tert-OH is 1. The molecule has 0 aromatic heterocycles. The van der Waals surface area contributed by atoms with E-state index in [2.05, 4.69) is 21.9 Å². The zero-order valence-corrected chi connectivity index (χ0v) is 20.2. The summed E-state index contributed by atoms with van der Waals surface area (Å²) in [6.45, 7) is 4.24. The highest BCUT2D eigenvalue weighted by atomic mass is 35.5. The van der Waals surface area contributed by atoms with Gasteiger partial charge in [-0.3, -0.25) is 9.80 Å². The molecule has 0 bridgehead atoms. The fourth-order valence-corrected chi connectivity index (χ4v) is 6.16. The lowest BCUT2D eigenvalue weighted by Crippen LogP contribution is -2.54. The van der Waals surface area contributed by atoms with Crippen LogP contribution in [0.3, 0.4) is 0 Å². The number of hydrogen-bond donors (Lipinski definition) is 1. The van der Waals surface area contributed by atoms with Gasteiger partial charge in [0.15, 0.2) is 0 Å². The summed E-state index contributed by atoms with van der Waals surface area (Å²) in [5.74, 6) is 0. The van der Waals surface area contributed by atoms with Gasteiger partial charge in [-0.2, -0.15) is 4.31 Å². The van der Waals surface area contributed by atoms with Gasteiger partial charge in [0, 0.05) is 51.9 Å². The molecule has 0 aliphatic carbocycles. The molecular formula is C21H28Cl3N3O3S. The van der Waals surface area contributed by atoms with Crippen molar-refractivity contribution in [3.8, 4) is 0 Å². The largest absolute Gasteiger partial charge is 0.390 e. The van der Waals surface area contributed by atoms with Gasteiger partial charge in [-0.1, -0.05) is 54.1 Å². The van der Waals surface area contributed by atoms with Crippen LogP contribution in [0.4, 0.5) is 0 Å². The maximum Gasteiger partial charge on any atom is 0.244 e. The second-order valence-corrected chi connectivity index (χ2v) is 10.00. The predicted molar refractivity (Wildman–Crippen MR) is 128 cm³/mol. The smallest absolute Gasteiger partial charge is 0.244 e. The number of benzene rings is 2. The van der Waals surface area contributed by atoms with Gasteiger partial charge in [0.2, 0.25) is 10.0 Å². The van der Waals surface area contributed by atoms with Gasteiger partial charge in [0.05, 0.1) is 11.1 Å². The summed E-state index contributed by atoms with van der Waals surface area (Å²) < 4.78 is 27.3. The third kappa shape index (κ3) is 5.92. The minimum absolute atomic E-state index is 0. The monoisotopic (exact) mass is 507 g/mol. The summed E-state index contributed by atoms with van der Waals surface area (Å²) in [5, 5.41) is 10.8. The van der Waals surface area contributed by atoms with Crippen LogP contribution in [-0.4, -0.2) is 79.0 Å². The summed E-state index contributed by atoms with van der Waals surface area (Å²) in [7, 11) is -3.60. The van der Waals surface area contributed by atoms with Crippen LogP contribution in [0.1, 0.15) is 5.56 Å². The van der Waals surface area contributed by atoms with E-state index in [0.29, 0.717) is 32.7 Å². The molecule has 2 unspecified atom stereocenters. The molecule has 2 saturated heterocycles. The second kappa shape index (κ2) is 11.3. The lowest BCUT2D eigenvalue weighted by Gasteiger charge is -2.38. The highest BCUT2D eigenvalue weighted by Crippen LogP contribution is 2.26. The van der Waals surface area contributed by atoms with Crippen LogP contribution in [0.15, 0.2) is 59.5 Å². The maximum absolute atomic E-state index is 12.9. The third-order valence-corrected chi connectivity index (χ3v) is 8.18. The molecule has 10 heteroatoms. The number of sulfonamides is 1. The average molecular weight is 509 g/mol. The molecule has 1 N–H and O–H groups in total. The van der Waals surface area contributed by atoms with Crippen LogP contribution in [0.2, 0.25) is 5.02 Å². The average Bonchev–Trinajstić information content (AvgIpc) is 3.09. The van der Waals surface area contributed by atoms with Gasteiger partial charge < -0.3 is 5.11 Å². The van der Waals surface area contributed by atoms with E-state index in [1.54, 1.807) is 24.3 Å². The number of hydrogen-bond acceptors (Lipinski definition) is 5. The summed E-state index contributed by atoms with van der Waals surface area (Å²) in [5.41, 5.74) is 1.23. The molecule has 0 radical (unpaired) electrons. The molecule has 2 aliphatic rings. The topological polar surface area (TPSA) is 64.1 Å². The van der Waals surface area contributed by atoms with Gasteiger partial charge in [-0.25, -0.2) is 8.42 Å². The van der Waals surface area contributed by atoms with Crippen molar-refractivity contribution >= 4 is 46.4 Å². The molecule has 2 aliphatic heterocycles. The molecule has 2 fully saturated rings. The SMILES string of the molecule is Cl.Cl.O=S(=O)(c1ccccc1Cl)N1CCN(C2CN(Cc3ccccc3)CC2O)CC1. The Kier molecular flexibility index (Phi) is 9.60. The quantitative estimate of drug-likeness (QED) is 0.673. The number of piperazine rings is 1. The molecular weight excluding hydrogens is 481 g/mol. The van der Waals surface area contributed by atoms with E-state index in [0.717, 1.165) is 13.1 Å². The third-order valence-electron chi connectivity index (χ3n) is 5.78. The first-order valence-corrected chi connectivity index (χ1v) is 11.7. The number of β-amino-alcohol motifs (C(OH)–C–C–N with tert-alkyl or cyclic N) is 1. The Morgan fingerprint density at radius 2 is 1.52 bits per heavy atom. The number of nitrogens with zero attached hydrogens (tertiary/aromatic N) is 3. The number of aliphatic hydroxyl groups is 1. The molecule has 172 valence electrons. The van der Waals surface area contributed by atoms with Crippen LogP contribution >= 0.6 is 36.4 Å². The van der Waals surface area contributed by atoms with Crippen LogP contribution in [0, 0.1) is 0 Å². The van der Waals surface area contributed by atoms with Gasteiger partial charge in [-0.05, 0) is 17.7 Å². The summed E-state index contributed by atoms with van der Waals surface area (Å²) in [4.78, 5) is 4.64. The molecule has 0 amide bonds. The van der Waals surface area contributed by atoms with Crippen LogP contribution < -0.4 is 0 Å². The summed E-state index contributed by atoms with van der Waals surface area (Å²) in [6, 6.07) is 16.8. The Morgan fingerprint density at radius 3 is 2.16 bits per heavy atom. The van der Waals surface area contributed by atoms with Gasteiger partial charge in [0.1, 0.15) is 4.90 Å². The van der Waals surface area contributed by atoms with Gasteiger partial charge >= 0.3 is 0 Å². The minimum atomic E-state index is -3.60. The van der Waals surface area contributed by atoms with Gasteiger partial charge in [-0.15, -0.1) is 24.8 Å². The number of halogens is 3. The Balaban J connectivity index is 0.00000171. The number of likely N-dealkylation sites (tertiary alicyclic amines) is 1. The van der Waals surface area contributed by atoms with Crippen molar-refractivity contribution in [3.63, 3.8) is 0 Å². The van der Waals surface area contributed by atoms with E-state index < -0.39 is 16.1 Å². The molecule has 2 heterocycles. The number of rotatable bonds is 5. The Labute approximate surface area is 201 Å². The van der Waals surface area contributed by atoms with Crippen molar-refractivity contribution in [1.82, 2.24) is 14.1 Å². The fourth-order valence-electron chi connectivity index (χ4n) is 4.25. The van der Waals surface area contributed by atoms with Crippen LogP contribution in [0.25, 0.3) is 0 Å². The first-order chi connectivity index (χ1) is 13.9. The zero-order valence-electron chi connectivity index (χ0n) is 17.0. The molecule has 0 spiro atoms. The Bertz CT molecular complexity index is 941. The highest BCUT2D eigenvalue weighted by Gasteiger charge is 2.38. The van der Waals surface area contributed by atoms with Crippen molar-refractivity contribution in [2.45, 2.75) is 23.6 Å². The standard InChI is InChI=1S/C21H26ClN3O3S.2ClH/c22-18-8-4-5-9-21(18)29(27,28)25-12-10-24(11-13-25)19-15-23(16-20(19)26)14-17-6-2-1-3-7-17;;/h1-9,19-20,26H,10-16H2;2*1H. The van der Waals surface area contributed by atoms with Crippen molar-refractivity contribution in [2.75, 3.05) is 39.3 Å². The molecule has 31 heavy (non-hydrogen) atoms. The minimum Gasteiger partial charge on any atom is -0.390 e. The van der Waals surface area contributed by atoms with E-state index in [1.807, 2.05) is 18.2 Å². The molecule has 4 rings (SSSR count). The van der Waals surface area contributed by atoms with Crippen molar-refractivity contribution in [3.05, 3.63) is 65.2 Å². The van der Waals surface area contributed by atoms with Crippen LogP contribution in [-0.2, 0) is 16.6 Å². The molecule has 2 aromatic carbocycles. The molecule has 2 aromatic rings. The van der Waals surface area contributed by atoms with Crippen molar-refractivity contribution < 1.29 is 13.5 Å². The predicted octanol–water partition coefficient (Wildman–Crippen LogP) is 2.74. The molecule has 6 nitrogen and oxygen atoms in total. The Morgan fingerprint density at radius 1 is 0.903 bits per heavy atom.